The van der Waals surface area contributed by atoms with E-state index in [1.54, 1.807) is 4.57 Å². The number of nitrogens with zero attached hydrogens (tertiary/aromatic N) is 1. The van der Waals surface area contributed by atoms with E-state index >= 15 is 0 Å². The molecule has 2 N–H and O–H groups in total. The Hall–Kier alpha value is -2.86. The number of hydrogen-bond donors (Lipinski definition) is 2. The molecule has 0 spiro atoms. The lowest BCUT2D eigenvalue weighted by atomic mass is 9.93. The van der Waals surface area contributed by atoms with E-state index in [1.165, 1.54) is 0 Å². The monoisotopic (exact) mass is 537 g/mol. The molecule has 2 amide bonds. The molecule has 3 rings (SSSR count). The Labute approximate surface area is 217 Å². The molecule has 0 unspecified atom stereocenters. The Kier molecular flexibility index (Phi) is 8.95. The standard InChI is InChI=1S/C29H36BrN3O2/c1-7-8-15-33-17-20(6)25(21-11-9-12-22(30)16-21)27(28(33)34)32-29(35)31-26-23(18(2)3)13-10-14-24(26)19(4)5/h9-14,16-19H,7-8,15H2,1-6H3,(H2,31,32,35). The summed E-state index contributed by atoms with van der Waals surface area (Å²) in [5, 5.41) is 6.02. The Morgan fingerprint density at radius 3 is 2.14 bits per heavy atom. The second-order valence-electron chi connectivity index (χ2n) is 9.62. The number of halogens is 1. The van der Waals surface area contributed by atoms with Gasteiger partial charge < -0.3 is 15.2 Å². The maximum Gasteiger partial charge on any atom is 0.323 e. The predicted molar refractivity (Wildman–Crippen MR) is 151 cm³/mol. The molecule has 0 aliphatic rings. The van der Waals surface area contributed by atoms with Crippen molar-refractivity contribution in [2.24, 2.45) is 0 Å². The fraction of sp³-hybridized carbons (Fsp3) is 0.379. The van der Waals surface area contributed by atoms with Crippen LogP contribution < -0.4 is 16.2 Å². The zero-order valence-corrected chi connectivity index (χ0v) is 23.1. The number of anilines is 2. The van der Waals surface area contributed by atoms with Crippen molar-refractivity contribution in [1.82, 2.24) is 4.57 Å². The number of carbonyl (C=O) groups is 1. The van der Waals surface area contributed by atoms with Crippen LogP contribution in [-0.4, -0.2) is 10.6 Å². The van der Waals surface area contributed by atoms with Crippen molar-refractivity contribution in [3.05, 3.63) is 80.2 Å². The number of urea groups is 1. The van der Waals surface area contributed by atoms with Gasteiger partial charge >= 0.3 is 6.03 Å². The number of benzene rings is 2. The van der Waals surface area contributed by atoms with Crippen LogP contribution >= 0.6 is 15.9 Å². The molecular formula is C29H36BrN3O2. The Morgan fingerprint density at radius 1 is 0.971 bits per heavy atom. The molecule has 3 aromatic rings. The summed E-state index contributed by atoms with van der Waals surface area (Å²) in [5.41, 5.74) is 5.60. The summed E-state index contributed by atoms with van der Waals surface area (Å²) in [6.45, 7) is 13.1. The molecular weight excluding hydrogens is 502 g/mol. The lowest BCUT2D eigenvalue weighted by Crippen LogP contribution is -2.30. The normalized spacial score (nSPS) is 11.2. The van der Waals surface area contributed by atoms with Crippen molar-refractivity contribution in [3.63, 3.8) is 0 Å². The van der Waals surface area contributed by atoms with Crippen molar-refractivity contribution in [3.8, 4) is 11.1 Å². The maximum atomic E-state index is 13.6. The second kappa shape index (κ2) is 11.7. The van der Waals surface area contributed by atoms with E-state index < -0.39 is 6.03 Å². The quantitative estimate of drug-likeness (QED) is 0.303. The van der Waals surface area contributed by atoms with Crippen LogP contribution in [0.15, 0.2) is 57.9 Å². The van der Waals surface area contributed by atoms with Crippen LogP contribution in [0.5, 0.6) is 0 Å². The molecule has 1 heterocycles. The van der Waals surface area contributed by atoms with E-state index in [0.717, 1.165) is 50.8 Å². The predicted octanol–water partition coefficient (Wildman–Crippen LogP) is 8.28. The molecule has 186 valence electrons. The topological polar surface area (TPSA) is 63.1 Å². The molecule has 1 aromatic heterocycles. The van der Waals surface area contributed by atoms with E-state index in [2.05, 4.69) is 61.2 Å². The highest BCUT2D eigenvalue weighted by Crippen LogP contribution is 2.34. The second-order valence-corrected chi connectivity index (χ2v) is 10.5. The number of hydrogen-bond acceptors (Lipinski definition) is 2. The van der Waals surface area contributed by atoms with Gasteiger partial charge in [-0.3, -0.25) is 4.79 Å². The van der Waals surface area contributed by atoms with Gasteiger partial charge in [-0.15, -0.1) is 0 Å². The fourth-order valence-corrected chi connectivity index (χ4v) is 4.78. The number of aryl methyl sites for hydroxylation is 2. The van der Waals surface area contributed by atoms with Crippen molar-refractivity contribution < 1.29 is 4.79 Å². The first-order valence-corrected chi connectivity index (χ1v) is 13.1. The van der Waals surface area contributed by atoms with Gasteiger partial charge in [0.15, 0.2) is 0 Å². The minimum atomic E-state index is -0.416. The Balaban J connectivity index is 2.09. The molecule has 0 saturated heterocycles. The van der Waals surface area contributed by atoms with Gasteiger partial charge in [0.1, 0.15) is 5.69 Å². The highest BCUT2D eigenvalue weighted by Gasteiger charge is 2.20. The van der Waals surface area contributed by atoms with Crippen LogP contribution in [-0.2, 0) is 6.54 Å². The van der Waals surface area contributed by atoms with E-state index in [4.69, 9.17) is 0 Å². The summed E-state index contributed by atoms with van der Waals surface area (Å²) in [4.78, 5) is 26.9. The van der Waals surface area contributed by atoms with Gasteiger partial charge in [-0.2, -0.15) is 0 Å². The van der Waals surface area contributed by atoms with Gasteiger partial charge in [-0.05, 0) is 59.6 Å². The molecule has 35 heavy (non-hydrogen) atoms. The zero-order chi connectivity index (χ0) is 25.7. The summed E-state index contributed by atoms with van der Waals surface area (Å²) in [5.74, 6) is 0.484. The maximum absolute atomic E-state index is 13.6. The first-order chi connectivity index (χ1) is 16.6. The minimum absolute atomic E-state index is 0.199. The Bertz CT molecular complexity index is 1240. The number of para-hydroxylation sites is 1. The third kappa shape index (κ3) is 6.23. The summed E-state index contributed by atoms with van der Waals surface area (Å²) in [7, 11) is 0. The van der Waals surface area contributed by atoms with Gasteiger partial charge in [-0.1, -0.05) is 87.3 Å². The van der Waals surface area contributed by atoms with Gasteiger partial charge in [0.05, 0.1) is 0 Å². The SMILES string of the molecule is CCCCn1cc(C)c(-c2cccc(Br)c2)c(NC(=O)Nc2c(C(C)C)cccc2C(C)C)c1=O. The number of unbranched alkanes of at least 4 members (excludes halogenated alkanes) is 1. The molecule has 0 saturated carbocycles. The highest BCUT2D eigenvalue weighted by molar-refractivity contribution is 9.10. The van der Waals surface area contributed by atoms with Gasteiger partial charge in [0.2, 0.25) is 0 Å². The number of nitrogens with one attached hydrogen (secondary N) is 2. The molecule has 5 nitrogen and oxygen atoms in total. The fourth-order valence-electron chi connectivity index (χ4n) is 4.38. The lowest BCUT2D eigenvalue weighted by molar-refractivity contribution is 0.262. The number of pyridine rings is 1. The average Bonchev–Trinajstić information content (AvgIpc) is 2.80. The van der Waals surface area contributed by atoms with Crippen LogP contribution in [0.4, 0.5) is 16.2 Å². The molecule has 0 aliphatic heterocycles. The van der Waals surface area contributed by atoms with Crippen LogP contribution in [0, 0.1) is 6.92 Å². The Morgan fingerprint density at radius 2 is 1.57 bits per heavy atom. The molecule has 0 radical (unpaired) electrons. The first-order valence-electron chi connectivity index (χ1n) is 12.3. The van der Waals surface area contributed by atoms with E-state index in [9.17, 15) is 9.59 Å². The number of rotatable bonds is 8. The molecule has 0 bridgehead atoms. The molecule has 0 atom stereocenters. The average molecular weight is 539 g/mol. The van der Waals surface area contributed by atoms with Crippen molar-refractivity contribution >= 4 is 33.3 Å². The van der Waals surface area contributed by atoms with Crippen molar-refractivity contribution in [2.45, 2.75) is 72.8 Å². The first kappa shape index (κ1) is 26.7. The van der Waals surface area contributed by atoms with E-state index in [0.29, 0.717) is 12.2 Å². The highest BCUT2D eigenvalue weighted by atomic mass is 79.9. The van der Waals surface area contributed by atoms with Gasteiger partial charge in [0, 0.05) is 28.5 Å². The van der Waals surface area contributed by atoms with Crippen LogP contribution in [0.1, 0.15) is 76.0 Å². The zero-order valence-electron chi connectivity index (χ0n) is 21.5. The summed E-state index contributed by atoms with van der Waals surface area (Å²) in [6, 6.07) is 13.5. The summed E-state index contributed by atoms with van der Waals surface area (Å²) >= 11 is 3.53. The minimum Gasteiger partial charge on any atom is -0.313 e. The van der Waals surface area contributed by atoms with Gasteiger partial charge in [0.25, 0.3) is 5.56 Å². The van der Waals surface area contributed by atoms with E-state index in [1.807, 2.05) is 55.6 Å². The molecule has 2 aromatic carbocycles. The smallest absolute Gasteiger partial charge is 0.313 e. The van der Waals surface area contributed by atoms with Gasteiger partial charge in [-0.25, -0.2) is 4.79 Å². The number of aromatic nitrogens is 1. The summed E-state index contributed by atoms with van der Waals surface area (Å²) in [6.07, 6.45) is 3.76. The third-order valence-electron chi connectivity index (χ3n) is 6.18. The van der Waals surface area contributed by atoms with Crippen molar-refractivity contribution in [1.29, 1.82) is 0 Å². The molecule has 0 fully saturated rings. The van der Waals surface area contributed by atoms with E-state index in [-0.39, 0.29) is 17.4 Å². The summed E-state index contributed by atoms with van der Waals surface area (Å²) < 4.78 is 2.62. The molecule has 0 aliphatic carbocycles. The number of carbonyl (C=O) groups excluding carboxylic acids is 1. The van der Waals surface area contributed by atoms with Crippen LogP contribution in [0.25, 0.3) is 11.1 Å². The third-order valence-corrected chi connectivity index (χ3v) is 6.68. The van der Waals surface area contributed by atoms with Crippen molar-refractivity contribution in [2.75, 3.05) is 10.6 Å². The van der Waals surface area contributed by atoms with Crippen LogP contribution in [0.3, 0.4) is 0 Å². The van der Waals surface area contributed by atoms with Crippen LogP contribution in [0.2, 0.25) is 0 Å². The number of amides is 2. The molecule has 6 heteroatoms. The lowest BCUT2D eigenvalue weighted by Gasteiger charge is -2.21. The largest absolute Gasteiger partial charge is 0.323 e.